The van der Waals surface area contributed by atoms with Crippen LogP contribution in [0.1, 0.15) is 45.4 Å². The van der Waals surface area contributed by atoms with Gasteiger partial charge in [-0.05, 0) is 26.2 Å². The number of hydrazine groups is 2. The smallest absolute Gasteiger partial charge is 0.322 e. The van der Waals surface area contributed by atoms with E-state index in [0.29, 0.717) is 12.8 Å². The molecule has 0 radical (unpaired) electrons. The molecule has 0 bridgehead atoms. The van der Waals surface area contributed by atoms with Gasteiger partial charge in [-0.25, -0.2) is 10.9 Å². The molecule has 0 spiro atoms. The van der Waals surface area contributed by atoms with Gasteiger partial charge < -0.3 is 31.3 Å². The maximum atomic E-state index is 11.0. The predicted molar refractivity (Wildman–Crippen MR) is 96.5 cm³/mol. The first-order valence-corrected chi connectivity index (χ1v) is 8.52. The van der Waals surface area contributed by atoms with Gasteiger partial charge in [-0.3, -0.25) is 24.0 Å². The summed E-state index contributed by atoms with van der Waals surface area (Å²) in [6.07, 6.45) is 0.223. The van der Waals surface area contributed by atoms with E-state index in [1.54, 1.807) is 0 Å². The van der Waals surface area contributed by atoms with Crippen LogP contribution in [0.2, 0.25) is 0 Å². The Morgan fingerprint density at radius 2 is 1.14 bits per heavy atom. The third-order valence-electron chi connectivity index (χ3n) is 3.26. The Morgan fingerprint density at radius 3 is 1.48 bits per heavy atom. The molecule has 3 atom stereocenters. The molecule has 0 unspecified atom stereocenters. The van der Waals surface area contributed by atoms with Crippen molar-refractivity contribution >= 4 is 29.8 Å². The molecule has 14 nitrogen and oxygen atoms in total. The van der Waals surface area contributed by atoms with Gasteiger partial charge in [0.2, 0.25) is 0 Å². The Balaban J connectivity index is 0. The monoisotopic (exact) mass is 424 g/mol. The fourth-order valence-corrected chi connectivity index (χ4v) is 1.62. The molecule has 10 N–H and O–H groups in total. The second-order valence-corrected chi connectivity index (χ2v) is 5.89. The normalized spacial score (nSPS) is 13.3. The van der Waals surface area contributed by atoms with Crippen LogP contribution in [0.3, 0.4) is 0 Å². The largest absolute Gasteiger partial charge is 0.481 e. The quantitative estimate of drug-likeness (QED) is 0.106. The Labute approximate surface area is 166 Å². The van der Waals surface area contributed by atoms with Crippen LogP contribution in [-0.2, 0) is 24.0 Å². The van der Waals surface area contributed by atoms with Crippen molar-refractivity contribution in [1.29, 1.82) is 0 Å². The molecule has 0 aromatic rings. The molecule has 0 aliphatic heterocycles. The number of carboxylic acids is 5. The van der Waals surface area contributed by atoms with Crippen molar-refractivity contribution in [1.82, 2.24) is 16.4 Å². The van der Waals surface area contributed by atoms with Gasteiger partial charge in [0.1, 0.15) is 18.1 Å². The molecule has 0 aliphatic rings. The van der Waals surface area contributed by atoms with E-state index in [0.717, 1.165) is 0 Å². The van der Waals surface area contributed by atoms with Crippen LogP contribution in [0.5, 0.6) is 0 Å². The number of rotatable bonds is 15. The number of aliphatic carboxylic acids is 5. The van der Waals surface area contributed by atoms with E-state index in [-0.39, 0.29) is 25.7 Å². The zero-order chi connectivity index (χ0) is 23.0. The van der Waals surface area contributed by atoms with E-state index in [2.05, 4.69) is 16.4 Å². The highest BCUT2D eigenvalue weighted by Gasteiger charge is 2.20. The Bertz CT molecular complexity index is 555. The number of carboxylic acid groups (broad SMARTS) is 5. The second kappa shape index (κ2) is 16.2. The van der Waals surface area contributed by atoms with Gasteiger partial charge in [-0.2, -0.15) is 5.53 Å². The maximum Gasteiger partial charge on any atom is 0.322 e. The molecule has 0 saturated heterocycles. The summed E-state index contributed by atoms with van der Waals surface area (Å²) >= 11 is 0. The molecule has 29 heavy (non-hydrogen) atoms. The van der Waals surface area contributed by atoms with Crippen molar-refractivity contribution in [2.45, 2.75) is 63.6 Å². The molecule has 0 aromatic heterocycles. The van der Waals surface area contributed by atoms with Gasteiger partial charge in [-0.15, -0.1) is 0 Å². The zero-order valence-electron chi connectivity index (χ0n) is 15.8. The third-order valence-corrected chi connectivity index (χ3v) is 3.26. The first-order chi connectivity index (χ1) is 13.4. The molecule has 0 heterocycles. The minimum atomic E-state index is -1.28. The lowest BCUT2D eigenvalue weighted by molar-refractivity contribution is -0.141. The van der Waals surface area contributed by atoms with E-state index in [1.807, 2.05) is 0 Å². The molecule has 0 rings (SSSR count). The van der Waals surface area contributed by atoms with Crippen LogP contribution in [0.4, 0.5) is 0 Å². The number of nitrogens with two attached hydrogens (primary N) is 1. The van der Waals surface area contributed by atoms with E-state index in [9.17, 15) is 24.0 Å². The number of carbonyl (C=O) groups is 5. The number of hydrogen-bond donors (Lipinski definition) is 9. The number of nitrogens with one attached hydrogen (secondary N) is 3. The van der Waals surface area contributed by atoms with Gasteiger partial charge in [0.05, 0.1) is 0 Å². The second-order valence-electron chi connectivity index (χ2n) is 5.89. The molecule has 0 saturated carbocycles. The van der Waals surface area contributed by atoms with Crippen LogP contribution in [0.15, 0.2) is 0 Å². The highest BCUT2D eigenvalue weighted by Crippen LogP contribution is 2.04. The standard InChI is InChI=1S/C12H21N3O8.C3H7NO2/c16-9(17)4-2-1-3-7(11(20)21)13-15-14-8(12(22)23)5-6-10(18)19;1-2(4)3(5)6/h7-8,13-15H,1-6H2,(H,16,17)(H,18,19)(H,20,21)(H,22,23);2H,4H2,1H3,(H,5,6)/t7-,8+;2-/m00/s1. The molecule has 0 aliphatic carbocycles. The van der Waals surface area contributed by atoms with Crippen molar-refractivity contribution in [3.8, 4) is 0 Å². The third kappa shape index (κ3) is 18.3. The highest BCUT2D eigenvalue weighted by atomic mass is 16.4. The lowest BCUT2D eigenvalue weighted by Crippen LogP contribution is -2.56. The minimum absolute atomic E-state index is 0.0612. The van der Waals surface area contributed by atoms with Gasteiger partial charge in [0, 0.05) is 12.8 Å². The van der Waals surface area contributed by atoms with Crippen molar-refractivity contribution in [3.63, 3.8) is 0 Å². The Morgan fingerprint density at radius 1 is 0.724 bits per heavy atom. The van der Waals surface area contributed by atoms with E-state index in [1.165, 1.54) is 6.92 Å². The van der Waals surface area contributed by atoms with E-state index >= 15 is 0 Å². The van der Waals surface area contributed by atoms with Crippen LogP contribution in [-0.4, -0.2) is 73.5 Å². The fourth-order valence-electron chi connectivity index (χ4n) is 1.62. The topological polar surface area (TPSA) is 249 Å². The van der Waals surface area contributed by atoms with Crippen molar-refractivity contribution in [2.24, 2.45) is 5.73 Å². The Kier molecular flexibility index (Phi) is 15.8. The SMILES string of the molecule is C[C@H](N)C(=O)O.O=C(O)CCCC[C@H](NNN[C@H](CCC(=O)O)C(=O)O)C(=O)O. The van der Waals surface area contributed by atoms with Gasteiger partial charge >= 0.3 is 29.8 Å². The van der Waals surface area contributed by atoms with Crippen LogP contribution in [0.25, 0.3) is 0 Å². The maximum absolute atomic E-state index is 11.0. The average molecular weight is 424 g/mol. The lowest BCUT2D eigenvalue weighted by atomic mass is 10.1. The van der Waals surface area contributed by atoms with Crippen molar-refractivity contribution in [2.75, 3.05) is 0 Å². The summed E-state index contributed by atoms with van der Waals surface area (Å²) in [5.41, 5.74) is 11.7. The number of unbranched alkanes of at least 4 members (excludes halogenated alkanes) is 1. The summed E-state index contributed by atoms with van der Waals surface area (Å²) in [5.74, 6) is -5.55. The highest BCUT2D eigenvalue weighted by molar-refractivity contribution is 5.75. The summed E-state index contributed by atoms with van der Waals surface area (Å²) in [5, 5.41) is 42.7. The molecule has 0 amide bonds. The Hall–Kier alpha value is -2.81. The predicted octanol–water partition coefficient (Wildman–Crippen LogP) is -1.58. The van der Waals surface area contributed by atoms with Crippen LogP contribution < -0.4 is 22.1 Å². The van der Waals surface area contributed by atoms with Crippen molar-refractivity contribution in [3.05, 3.63) is 0 Å². The first-order valence-electron chi connectivity index (χ1n) is 8.52. The van der Waals surface area contributed by atoms with Crippen LogP contribution in [0, 0.1) is 0 Å². The summed E-state index contributed by atoms with van der Waals surface area (Å²) in [6, 6.07) is -2.99. The first kappa shape index (κ1) is 28.4. The zero-order valence-corrected chi connectivity index (χ0v) is 15.8. The van der Waals surface area contributed by atoms with E-state index < -0.39 is 48.0 Å². The molecule has 0 aromatic carbocycles. The summed E-state index contributed by atoms with van der Waals surface area (Å²) in [7, 11) is 0. The fraction of sp³-hybridized carbons (Fsp3) is 0.667. The summed E-state index contributed by atoms with van der Waals surface area (Å²) < 4.78 is 0. The summed E-state index contributed by atoms with van der Waals surface area (Å²) in [4.78, 5) is 52.2. The van der Waals surface area contributed by atoms with Crippen LogP contribution >= 0.6 is 0 Å². The van der Waals surface area contributed by atoms with E-state index in [4.69, 9.17) is 31.3 Å². The molecular formula is C15H28N4O10. The molecule has 0 fully saturated rings. The minimum Gasteiger partial charge on any atom is -0.481 e. The summed E-state index contributed by atoms with van der Waals surface area (Å²) in [6.45, 7) is 1.42. The number of hydrogen-bond acceptors (Lipinski definition) is 9. The average Bonchev–Trinajstić information content (AvgIpc) is 2.58. The van der Waals surface area contributed by atoms with Crippen molar-refractivity contribution < 1.29 is 49.5 Å². The van der Waals surface area contributed by atoms with Gasteiger partial charge in [-0.1, -0.05) is 6.42 Å². The molecule has 168 valence electrons. The van der Waals surface area contributed by atoms with Gasteiger partial charge in [0.15, 0.2) is 0 Å². The lowest BCUT2D eigenvalue weighted by Gasteiger charge is -2.19. The molecule has 14 heteroatoms. The van der Waals surface area contributed by atoms with Gasteiger partial charge in [0.25, 0.3) is 0 Å². The molecular weight excluding hydrogens is 396 g/mol.